The third-order valence-electron chi connectivity index (χ3n) is 3.78. The summed E-state index contributed by atoms with van der Waals surface area (Å²) in [6.45, 7) is 0. The van der Waals surface area contributed by atoms with E-state index >= 15 is 0 Å². The zero-order valence-corrected chi connectivity index (χ0v) is 15.7. The van der Waals surface area contributed by atoms with E-state index in [1.54, 1.807) is 0 Å². The lowest BCUT2D eigenvalue weighted by atomic mass is 10.0. The maximum atomic E-state index is 5.93. The summed E-state index contributed by atoms with van der Waals surface area (Å²) in [7, 11) is 0. The van der Waals surface area contributed by atoms with Crippen molar-refractivity contribution in [2.24, 2.45) is 0 Å². The van der Waals surface area contributed by atoms with Crippen molar-refractivity contribution < 1.29 is 8.83 Å². The van der Waals surface area contributed by atoms with Crippen molar-refractivity contribution in [3.05, 3.63) is 82.1 Å². The molecule has 0 saturated carbocycles. The SMILES string of the molecule is Brc1cc(-c2ccccc2)c(-c2cc(-c3ccccc3)c(Br)o2)o1. The van der Waals surface area contributed by atoms with Crippen LogP contribution in [0.1, 0.15) is 0 Å². The highest BCUT2D eigenvalue weighted by Crippen LogP contribution is 2.42. The first kappa shape index (κ1) is 15.5. The van der Waals surface area contributed by atoms with E-state index in [0.717, 1.165) is 22.3 Å². The lowest BCUT2D eigenvalue weighted by Crippen LogP contribution is -1.77. The van der Waals surface area contributed by atoms with Gasteiger partial charge in [0, 0.05) is 11.1 Å². The largest absolute Gasteiger partial charge is 0.445 e. The second-order valence-corrected chi connectivity index (χ2v) is 6.83. The Kier molecular flexibility index (Phi) is 4.17. The predicted molar refractivity (Wildman–Crippen MR) is 103 cm³/mol. The summed E-state index contributed by atoms with van der Waals surface area (Å²) >= 11 is 6.95. The summed E-state index contributed by atoms with van der Waals surface area (Å²) in [5, 5.41) is 0. The van der Waals surface area contributed by atoms with Crippen LogP contribution < -0.4 is 0 Å². The van der Waals surface area contributed by atoms with Gasteiger partial charge in [-0.2, -0.15) is 0 Å². The Balaban J connectivity index is 1.84. The van der Waals surface area contributed by atoms with E-state index in [1.807, 2.05) is 48.5 Å². The molecular formula is C20H12Br2O2. The van der Waals surface area contributed by atoms with Crippen LogP contribution in [-0.2, 0) is 0 Å². The Hall–Kier alpha value is -2.04. The first-order chi connectivity index (χ1) is 11.7. The maximum absolute atomic E-state index is 5.93. The molecule has 4 heteroatoms. The van der Waals surface area contributed by atoms with Crippen molar-refractivity contribution in [1.29, 1.82) is 0 Å². The molecule has 0 N–H and O–H groups in total. The Labute approximate surface area is 156 Å². The molecule has 0 aliphatic carbocycles. The van der Waals surface area contributed by atoms with Gasteiger partial charge in [-0.1, -0.05) is 60.7 Å². The Morgan fingerprint density at radius 2 is 1.21 bits per heavy atom. The number of benzene rings is 2. The van der Waals surface area contributed by atoms with Gasteiger partial charge < -0.3 is 8.83 Å². The van der Waals surface area contributed by atoms with Crippen molar-refractivity contribution in [3.8, 4) is 33.8 Å². The van der Waals surface area contributed by atoms with Gasteiger partial charge in [0.15, 0.2) is 20.9 Å². The number of rotatable bonds is 3. The quantitative estimate of drug-likeness (QED) is 0.329. The summed E-state index contributed by atoms with van der Waals surface area (Å²) in [6, 6.07) is 24.2. The van der Waals surface area contributed by atoms with Crippen LogP contribution >= 0.6 is 31.9 Å². The highest BCUT2D eigenvalue weighted by atomic mass is 79.9. The highest BCUT2D eigenvalue weighted by Gasteiger charge is 2.20. The van der Waals surface area contributed by atoms with Crippen LogP contribution in [0.15, 0.2) is 91.0 Å². The van der Waals surface area contributed by atoms with E-state index < -0.39 is 0 Å². The molecular weight excluding hydrogens is 432 g/mol. The van der Waals surface area contributed by atoms with E-state index in [0.29, 0.717) is 20.9 Å². The van der Waals surface area contributed by atoms with Crippen LogP contribution in [0.2, 0.25) is 0 Å². The van der Waals surface area contributed by atoms with E-state index in [4.69, 9.17) is 8.83 Å². The normalized spacial score (nSPS) is 10.9. The second kappa shape index (κ2) is 6.46. The van der Waals surface area contributed by atoms with Crippen LogP contribution in [0.5, 0.6) is 0 Å². The van der Waals surface area contributed by atoms with Crippen LogP contribution in [-0.4, -0.2) is 0 Å². The molecule has 4 aromatic rings. The van der Waals surface area contributed by atoms with Gasteiger partial charge in [-0.05, 0) is 55.1 Å². The molecule has 4 rings (SSSR count). The Bertz CT molecular complexity index is 970. The lowest BCUT2D eigenvalue weighted by Gasteiger charge is -1.99. The standard InChI is InChI=1S/C20H12Br2O2/c21-18-12-15(13-7-3-1-4-8-13)19(24-18)17-11-16(20(22)23-17)14-9-5-2-6-10-14/h1-12H. The molecule has 0 aliphatic heterocycles. The fraction of sp³-hybridized carbons (Fsp3) is 0. The van der Waals surface area contributed by atoms with E-state index in [-0.39, 0.29) is 0 Å². The van der Waals surface area contributed by atoms with Crippen molar-refractivity contribution in [3.63, 3.8) is 0 Å². The lowest BCUT2D eigenvalue weighted by molar-refractivity contribution is 0.501. The number of hydrogen-bond acceptors (Lipinski definition) is 2. The van der Waals surface area contributed by atoms with Crippen molar-refractivity contribution >= 4 is 31.9 Å². The fourth-order valence-electron chi connectivity index (χ4n) is 2.67. The molecule has 118 valence electrons. The molecule has 0 unspecified atom stereocenters. The van der Waals surface area contributed by atoms with Gasteiger partial charge in [-0.15, -0.1) is 0 Å². The molecule has 2 heterocycles. The average Bonchev–Trinajstić information content (AvgIpc) is 3.19. The zero-order valence-electron chi connectivity index (χ0n) is 12.5. The topological polar surface area (TPSA) is 26.3 Å². The molecule has 24 heavy (non-hydrogen) atoms. The van der Waals surface area contributed by atoms with Gasteiger partial charge >= 0.3 is 0 Å². The number of halogens is 2. The molecule has 0 aliphatic rings. The highest BCUT2D eigenvalue weighted by molar-refractivity contribution is 9.10. The summed E-state index contributed by atoms with van der Waals surface area (Å²) in [5.41, 5.74) is 4.16. The van der Waals surface area contributed by atoms with Crippen LogP contribution in [0.4, 0.5) is 0 Å². The van der Waals surface area contributed by atoms with Crippen molar-refractivity contribution in [2.75, 3.05) is 0 Å². The van der Waals surface area contributed by atoms with Crippen LogP contribution in [0.25, 0.3) is 33.8 Å². The molecule has 2 aromatic heterocycles. The summed E-state index contributed by atoms with van der Waals surface area (Å²) in [6.07, 6.45) is 0. The van der Waals surface area contributed by atoms with Crippen molar-refractivity contribution in [1.82, 2.24) is 0 Å². The smallest absolute Gasteiger partial charge is 0.178 e. The molecule has 0 radical (unpaired) electrons. The van der Waals surface area contributed by atoms with Gasteiger partial charge in [0.1, 0.15) is 0 Å². The van der Waals surface area contributed by atoms with Gasteiger partial charge in [-0.25, -0.2) is 0 Å². The molecule has 0 bridgehead atoms. The van der Waals surface area contributed by atoms with E-state index in [2.05, 4.69) is 56.1 Å². The van der Waals surface area contributed by atoms with Gasteiger partial charge in [0.05, 0.1) is 0 Å². The second-order valence-electron chi connectivity index (χ2n) is 5.32. The molecule has 0 spiro atoms. The van der Waals surface area contributed by atoms with Gasteiger partial charge in [-0.3, -0.25) is 0 Å². The first-order valence-electron chi connectivity index (χ1n) is 7.42. The molecule has 0 fully saturated rings. The third kappa shape index (κ3) is 2.87. The van der Waals surface area contributed by atoms with Crippen molar-refractivity contribution in [2.45, 2.75) is 0 Å². The number of hydrogen-bond donors (Lipinski definition) is 0. The van der Waals surface area contributed by atoms with E-state index in [9.17, 15) is 0 Å². The molecule has 0 atom stereocenters. The van der Waals surface area contributed by atoms with Gasteiger partial charge in [0.2, 0.25) is 0 Å². The van der Waals surface area contributed by atoms with Crippen LogP contribution in [0, 0.1) is 0 Å². The summed E-state index contributed by atoms with van der Waals surface area (Å²) in [5.74, 6) is 1.39. The Morgan fingerprint density at radius 1 is 0.625 bits per heavy atom. The molecule has 0 saturated heterocycles. The average molecular weight is 444 g/mol. The molecule has 2 aromatic carbocycles. The first-order valence-corrected chi connectivity index (χ1v) is 9.01. The Morgan fingerprint density at radius 3 is 1.83 bits per heavy atom. The molecule has 0 amide bonds. The zero-order chi connectivity index (χ0) is 16.5. The van der Waals surface area contributed by atoms with Crippen LogP contribution in [0.3, 0.4) is 0 Å². The molecule has 2 nitrogen and oxygen atoms in total. The van der Waals surface area contributed by atoms with Gasteiger partial charge in [0.25, 0.3) is 0 Å². The third-order valence-corrected chi connectivity index (χ3v) is 4.76. The van der Waals surface area contributed by atoms with E-state index in [1.165, 1.54) is 0 Å². The monoisotopic (exact) mass is 442 g/mol. The minimum absolute atomic E-state index is 0.671. The maximum Gasteiger partial charge on any atom is 0.178 e. The minimum atomic E-state index is 0.671. The predicted octanol–water partition coefficient (Wildman–Crippen LogP) is 7.40. The summed E-state index contributed by atoms with van der Waals surface area (Å²) < 4.78 is 13.2. The minimum Gasteiger partial charge on any atom is -0.445 e. The fourth-order valence-corrected chi connectivity index (χ4v) is 3.58. The summed E-state index contributed by atoms with van der Waals surface area (Å²) in [4.78, 5) is 0. The number of furan rings is 2.